The Morgan fingerprint density at radius 2 is 2.00 bits per heavy atom. The Hall–Kier alpha value is -2.04. The van der Waals surface area contributed by atoms with E-state index in [1.807, 2.05) is 38.1 Å². The SMILES string of the molecule is CCC(C)NC(=O)CCNC(=O)CCc1cccc(N)c1. The van der Waals surface area contributed by atoms with Crippen LogP contribution >= 0.6 is 0 Å². The fourth-order valence-electron chi connectivity index (χ4n) is 1.86. The number of benzene rings is 1. The molecule has 0 heterocycles. The molecule has 0 aliphatic rings. The molecule has 0 aromatic heterocycles. The summed E-state index contributed by atoms with van der Waals surface area (Å²) in [5.74, 6) is -0.0748. The summed E-state index contributed by atoms with van der Waals surface area (Å²) in [5.41, 5.74) is 7.43. The van der Waals surface area contributed by atoms with Gasteiger partial charge in [-0.1, -0.05) is 19.1 Å². The molecule has 5 heteroatoms. The van der Waals surface area contributed by atoms with Crippen LogP contribution in [0.1, 0.15) is 38.7 Å². The van der Waals surface area contributed by atoms with Gasteiger partial charge in [0, 0.05) is 31.1 Å². The maximum absolute atomic E-state index is 11.7. The summed E-state index contributed by atoms with van der Waals surface area (Å²) in [6.45, 7) is 4.35. The van der Waals surface area contributed by atoms with E-state index in [1.165, 1.54) is 0 Å². The van der Waals surface area contributed by atoms with Crippen LogP contribution in [0.25, 0.3) is 0 Å². The molecule has 0 spiro atoms. The van der Waals surface area contributed by atoms with Crippen LogP contribution in [0.3, 0.4) is 0 Å². The van der Waals surface area contributed by atoms with Gasteiger partial charge in [0.1, 0.15) is 0 Å². The van der Waals surface area contributed by atoms with E-state index in [1.54, 1.807) is 0 Å². The number of nitrogens with two attached hydrogens (primary N) is 1. The molecule has 21 heavy (non-hydrogen) atoms. The number of carbonyl (C=O) groups is 2. The minimum atomic E-state index is -0.0474. The van der Waals surface area contributed by atoms with Crippen molar-refractivity contribution in [3.63, 3.8) is 0 Å². The first-order valence-electron chi connectivity index (χ1n) is 7.41. The van der Waals surface area contributed by atoms with Crippen LogP contribution in [0.4, 0.5) is 5.69 Å². The van der Waals surface area contributed by atoms with Gasteiger partial charge < -0.3 is 16.4 Å². The standard InChI is InChI=1S/C16H25N3O2/c1-3-12(2)19-16(21)9-10-18-15(20)8-7-13-5-4-6-14(17)11-13/h4-6,11-12H,3,7-10,17H2,1-2H3,(H,18,20)(H,19,21). The molecular weight excluding hydrogens is 266 g/mol. The van der Waals surface area contributed by atoms with Gasteiger partial charge in [0.15, 0.2) is 0 Å². The molecule has 0 saturated carbocycles. The molecule has 1 atom stereocenters. The maximum Gasteiger partial charge on any atom is 0.221 e. The molecule has 1 aromatic carbocycles. The summed E-state index contributed by atoms with van der Waals surface area (Å²) in [5, 5.41) is 5.62. The third kappa shape index (κ3) is 7.34. The van der Waals surface area contributed by atoms with Crippen molar-refractivity contribution in [1.82, 2.24) is 10.6 Å². The average molecular weight is 291 g/mol. The lowest BCUT2D eigenvalue weighted by Gasteiger charge is -2.11. The summed E-state index contributed by atoms with van der Waals surface area (Å²) in [6.07, 6.45) is 2.26. The van der Waals surface area contributed by atoms with Crippen molar-refractivity contribution < 1.29 is 9.59 Å². The lowest BCUT2D eigenvalue weighted by molar-refractivity contribution is -0.122. The Balaban J connectivity index is 2.18. The second kappa shape index (κ2) is 9.00. The minimum Gasteiger partial charge on any atom is -0.399 e. The molecule has 1 unspecified atom stereocenters. The van der Waals surface area contributed by atoms with E-state index in [4.69, 9.17) is 5.73 Å². The topological polar surface area (TPSA) is 84.2 Å². The van der Waals surface area contributed by atoms with E-state index in [-0.39, 0.29) is 17.9 Å². The lowest BCUT2D eigenvalue weighted by atomic mass is 10.1. The van der Waals surface area contributed by atoms with Crippen molar-refractivity contribution in [3.8, 4) is 0 Å². The van der Waals surface area contributed by atoms with Gasteiger partial charge in [-0.2, -0.15) is 0 Å². The monoisotopic (exact) mass is 291 g/mol. The van der Waals surface area contributed by atoms with E-state index >= 15 is 0 Å². The number of hydrogen-bond acceptors (Lipinski definition) is 3. The fraction of sp³-hybridized carbons (Fsp3) is 0.500. The van der Waals surface area contributed by atoms with Gasteiger partial charge in [-0.3, -0.25) is 9.59 Å². The number of aryl methyl sites for hydroxylation is 1. The molecule has 0 saturated heterocycles. The molecule has 4 N–H and O–H groups in total. The number of amides is 2. The molecule has 116 valence electrons. The Bertz CT molecular complexity index is 474. The zero-order valence-electron chi connectivity index (χ0n) is 12.8. The van der Waals surface area contributed by atoms with E-state index in [9.17, 15) is 9.59 Å². The quantitative estimate of drug-likeness (QED) is 0.636. The molecule has 0 aliphatic carbocycles. The molecular formula is C16H25N3O2. The molecule has 0 bridgehead atoms. The predicted molar refractivity (Wildman–Crippen MR) is 84.7 cm³/mol. The second-order valence-corrected chi connectivity index (χ2v) is 5.22. The molecule has 5 nitrogen and oxygen atoms in total. The van der Waals surface area contributed by atoms with E-state index < -0.39 is 0 Å². The Morgan fingerprint density at radius 3 is 2.67 bits per heavy atom. The molecule has 1 rings (SSSR count). The Kier molecular flexibility index (Phi) is 7.29. The number of anilines is 1. The van der Waals surface area contributed by atoms with Crippen molar-refractivity contribution in [3.05, 3.63) is 29.8 Å². The maximum atomic E-state index is 11.7. The largest absolute Gasteiger partial charge is 0.399 e. The average Bonchev–Trinajstić information content (AvgIpc) is 2.45. The fourth-order valence-corrected chi connectivity index (χ4v) is 1.86. The van der Waals surface area contributed by atoms with Gasteiger partial charge in [-0.05, 0) is 37.5 Å². The summed E-state index contributed by atoms with van der Waals surface area (Å²) in [6, 6.07) is 7.69. The van der Waals surface area contributed by atoms with Gasteiger partial charge in [0.25, 0.3) is 0 Å². The summed E-state index contributed by atoms with van der Waals surface area (Å²) in [7, 11) is 0. The molecule has 0 fully saturated rings. The van der Waals surface area contributed by atoms with Gasteiger partial charge >= 0.3 is 0 Å². The normalized spacial score (nSPS) is 11.7. The minimum absolute atomic E-state index is 0.0273. The summed E-state index contributed by atoms with van der Waals surface area (Å²) in [4.78, 5) is 23.2. The first kappa shape index (κ1) is 17.0. The van der Waals surface area contributed by atoms with Crippen molar-refractivity contribution in [1.29, 1.82) is 0 Å². The number of hydrogen-bond donors (Lipinski definition) is 3. The van der Waals surface area contributed by atoms with Crippen LogP contribution in [-0.4, -0.2) is 24.4 Å². The van der Waals surface area contributed by atoms with E-state index in [2.05, 4.69) is 10.6 Å². The summed E-state index contributed by atoms with van der Waals surface area (Å²) < 4.78 is 0. The molecule has 0 aliphatic heterocycles. The Morgan fingerprint density at radius 1 is 1.24 bits per heavy atom. The van der Waals surface area contributed by atoms with Gasteiger partial charge in [-0.15, -0.1) is 0 Å². The van der Waals surface area contributed by atoms with Crippen LogP contribution in [0, 0.1) is 0 Å². The third-order valence-corrected chi connectivity index (χ3v) is 3.29. The van der Waals surface area contributed by atoms with Crippen molar-refractivity contribution >= 4 is 17.5 Å². The number of rotatable bonds is 8. The van der Waals surface area contributed by atoms with Crippen molar-refractivity contribution in [2.24, 2.45) is 0 Å². The van der Waals surface area contributed by atoms with Crippen LogP contribution in [-0.2, 0) is 16.0 Å². The zero-order valence-corrected chi connectivity index (χ0v) is 12.8. The number of nitrogens with one attached hydrogen (secondary N) is 2. The smallest absolute Gasteiger partial charge is 0.221 e. The van der Waals surface area contributed by atoms with Crippen molar-refractivity contribution in [2.75, 3.05) is 12.3 Å². The number of carbonyl (C=O) groups excluding carboxylic acids is 2. The van der Waals surface area contributed by atoms with E-state index in [0.717, 1.165) is 12.0 Å². The van der Waals surface area contributed by atoms with Crippen LogP contribution in [0.15, 0.2) is 24.3 Å². The number of nitrogen functional groups attached to an aromatic ring is 1. The van der Waals surface area contributed by atoms with Gasteiger partial charge in [-0.25, -0.2) is 0 Å². The van der Waals surface area contributed by atoms with Crippen LogP contribution in [0.5, 0.6) is 0 Å². The van der Waals surface area contributed by atoms with Gasteiger partial charge in [0.2, 0.25) is 11.8 Å². The van der Waals surface area contributed by atoms with Crippen molar-refractivity contribution in [2.45, 2.75) is 45.6 Å². The highest BCUT2D eigenvalue weighted by molar-refractivity contribution is 5.79. The van der Waals surface area contributed by atoms with Crippen LogP contribution in [0.2, 0.25) is 0 Å². The van der Waals surface area contributed by atoms with Gasteiger partial charge in [0.05, 0.1) is 0 Å². The second-order valence-electron chi connectivity index (χ2n) is 5.22. The summed E-state index contributed by atoms with van der Waals surface area (Å²) >= 11 is 0. The lowest BCUT2D eigenvalue weighted by Crippen LogP contribution is -2.35. The highest BCUT2D eigenvalue weighted by atomic mass is 16.2. The molecule has 2 amide bonds. The van der Waals surface area contributed by atoms with Crippen LogP contribution < -0.4 is 16.4 Å². The highest BCUT2D eigenvalue weighted by Gasteiger charge is 2.07. The highest BCUT2D eigenvalue weighted by Crippen LogP contribution is 2.08. The molecule has 0 radical (unpaired) electrons. The Labute approximate surface area is 126 Å². The third-order valence-electron chi connectivity index (χ3n) is 3.29. The first-order valence-corrected chi connectivity index (χ1v) is 7.41. The predicted octanol–water partition coefficient (Wildman–Crippen LogP) is 1.62. The first-order chi connectivity index (χ1) is 10.0. The zero-order chi connectivity index (χ0) is 15.7. The molecule has 1 aromatic rings. The van der Waals surface area contributed by atoms with E-state index in [0.29, 0.717) is 31.5 Å².